The van der Waals surface area contributed by atoms with Crippen LogP contribution in [0.1, 0.15) is 32.8 Å². The van der Waals surface area contributed by atoms with Gasteiger partial charge in [0, 0.05) is 6.04 Å². The number of hydrogen-bond donors (Lipinski definition) is 0. The molecule has 1 saturated heterocycles. The smallest absolute Gasteiger partial charge is 0.344 e. The number of halogens is 2. The fraction of sp³-hybridized carbons (Fsp3) is 0.389. The van der Waals surface area contributed by atoms with Crippen molar-refractivity contribution in [1.82, 2.24) is 4.90 Å². The lowest BCUT2D eigenvalue weighted by atomic mass is 10.2. The van der Waals surface area contributed by atoms with E-state index in [4.69, 9.17) is 21.1 Å². The third-order valence-corrected chi connectivity index (χ3v) is 5.57. The number of rotatable bonds is 7. The molecule has 0 spiro atoms. The highest BCUT2D eigenvalue weighted by Crippen LogP contribution is 2.38. The van der Waals surface area contributed by atoms with Gasteiger partial charge >= 0.3 is 5.97 Å². The molecule has 1 aliphatic rings. The summed E-state index contributed by atoms with van der Waals surface area (Å²) in [5.74, 6) is -0.507. The van der Waals surface area contributed by atoms with Crippen LogP contribution in [0.3, 0.4) is 0 Å². The van der Waals surface area contributed by atoms with E-state index < -0.39 is 5.97 Å². The van der Waals surface area contributed by atoms with Gasteiger partial charge in [0.15, 0.2) is 12.4 Å². The second kappa shape index (κ2) is 9.61. The van der Waals surface area contributed by atoms with Gasteiger partial charge in [0.2, 0.25) is 0 Å². The van der Waals surface area contributed by atoms with Gasteiger partial charge in [-0.2, -0.15) is 0 Å². The average molecular weight is 477 g/mol. The maximum absolute atomic E-state index is 12.5. The molecule has 0 N–H and O–H groups in total. The molecule has 1 aromatic carbocycles. The molecule has 0 bridgehead atoms. The minimum absolute atomic E-state index is 0.155. The van der Waals surface area contributed by atoms with E-state index >= 15 is 0 Å². The molecule has 146 valence electrons. The lowest BCUT2D eigenvalue weighted by Crippen LogP contribution is -2.36. The van der Waals surface area contributed by atoms with Crippen LogP contribution in [-0.4, -0.2) is 41.3 Å². The SMILES string of the molecule is CCOC(=O)COc1c(Cl)cc(/C=C2/SC(=O)N([C@@H](C)CC)C2=O)cc1Br. The molecule has 1 aromatic rings. The zero-order valence-corrected chi connectivity index (χ0v) is 18.2. The Morgan fingerprint density at radius 3 is 2.67 bits per heavy atom. The van der Waals surface area contributed by atoms with Crippen molar-refractivity contribution >= 4 is 62.5 Å². The van der Waals surface area contributed by atoms with Crippen LogP contribution < -0.4 is 4.74 Å². The lowest BCUT2D eigenvalue weighted by Gasteiger charge is -2.19. The quantitative estimate of drug-likeness (QED) is 0.412. The molecule has 0 unspecified atom stereocenters. The fourth-order valence-electron chi connectivity index (χ4n) is 2.33. The van der Waals surface area contributed by atoms with E-state index in [1.165, 1.54) is 4.90 Å². The van der Waals surface area contributed by atoms with Gasteiger partial charge in [-0.25, -0.2) is 4.79 Å². The zero-order valence-electron chi connectivity index (χ0n) is 15.1. The normalized spacial score (nSPS) is 16.8. The van der Waals surface area contributed by atoms with E-state index in [1.54, 1.807) is 25.1 Å². The number of thioether (sulfide) groups is 1. The Kier molecular flexibility index (Phi) is 7.76. The summed E-state index contributed by atoms with van der Waals surface area (Å²) in [6.07, 6.45) is 2.30. The molecule has 2 amide bonds. The molecule has 2 rings (SSSR count). The topological polar surface area (TPSA) is 72.9 Å². The zero-order chi connectivity index (χ0) is 20.1. The van der Waals surface area contributed by atoms with E-state index in [1.807, 2.05) is 13.8 Å². The molecule has 0 aromatic heterocycles. The van der Waals surface area contributed by atoms with E-state index in [0.29, 0.717) is 27.1 Å². The van der Waals surface area contributed by atoms with Gasteiger partial charge in [0.05, 0.1) is 21.0 Å². The van der Waals surface area contributed by atoms with Crippen molar-refractivity contribution in [2.24, 2.45) is 0 Å². The predicted molar refractivity (Wildman–Crippen MR) is 109 cm³/mol. The number of esters is 1. The summed E-state index contributed by atoms with van der Waals surface area (Å²) in [5.41, 5.74) is 0.630. The molecule has 1 fully saturated rings. The number of amides is 2. The molecule has 0 radical (unpaired) electrons. The summed E-state index contributed by atoms with van der Waals surface area (Å²) in [6, 6.07) is 3.14. The Balaban J connectivity index is 2.21. The maximum atomic E-state index is 12.5. The molecular weight excluding hydrogens is 458 g/mol. The van der Waals surface area contributed by atoms with Crippen LogP contribution in [0, 0.1) is 0 Å². The van der Waals surface area contributed by atoms with Gasteiger partial charge < -0.3 is 9.47 Å². The minimum atomic E-state index is -0.497. The lowest BCUT2D eigenvalue weighted by molar-refractivity contribution is -0.145. The Labute approximate surface area is 175 Å². The largest absolute Gasteiger partial charge is 0.479 e. The summed E-state index contributed by atoms with van der Waals surface area (Å²) in [6.45, 7) is 5.46. The standard InChI is InChI=1S/C18H19BrClNO5S/c1-4-10(3)21-17(23)14(27-18(21)24)8-11-6-12(19)16(13(20)7-11)26-9-15(22)25-5-2/h6-8,10H,4-5,9H2,1-3H3/b14-8+/t10-/m0/s1. The van der Waals surface area contributed by atoms with Crippen molar-refractivity contribution < 1.29 is 23.9 Å². The second-order valence-corrected chi connectivity index (χ2v) is 7.97. The van der Waals surface area contributed by atoms with Crippen LogP contribution in [0.25, 0.3) is 6.08 Å². The summed E-state index contributed by atoms with van der Waals surface area (Å²) in [7, 11) is 0. The van der Waals surface area contributed by atoms with E-state index in [2.05, 4.69) is 15.9 Å². The van der Waals surface area contributed by atoms with Crippen LogP contribution in [0.4, 0.5) is 4.79 Å². The van der Waals surface area contributed by atoms with Crippen LogP contribution >= 0.6 is 39.3 Å². The van der Waals surface area contributed by atoms with Crippen molar-refractivity contribution in [3.05, 3.63) is 32.1 Å². The summed E-state index contributed by atoms with van der Waals surface area (Å²) < 4.78 is 10.7. The van der Waals surface area contributed by atoms with E-state index in [-0.39, 0.29) is 35.4 Å². The van der Waals surface area contributed by atoms with Crippen LogP contribution in [-0.2, 0) is 14.3 Å². The van der Waals surface area contributed by atoms with E-state index in [9.17, 15) is 14.4 Å². The maximum Gasteiger partial charge on any atom is 0.344 e. The Bertz CT molecular complexity index is 775. The van der Waals surface area contributed by atoms with E-state index in [0.717, 1.165) is 11.8 Å². The summed E-state index contributed by atoms with van der Waals surface area (Å²) >= 11 is 10.5. The second-order valence-electron chi connectivity index (χ2n) is 5.72. The molecule has 0 saturated carbocycles. The van der Waals surface area contributed by atoms with Crippen molar-refractivity contribution in [3.63, 3.8) is 0 Å². The van der Waals surface area contributed by atoms with Crippen molar-refractivity contribution in [2.75, 3.05) is 13.2 Å². The van der Waals surface area contributed by atoms with Crippen LogP contribution in [0.2, 0.25) is 5.02 Å². The molecule has 0 aliphatic carbocycles. The van der Waals surface area contributed by atoms with Crippen molar-refractivity contribution in [1.29, 1.82) is 0 Å². The Morgan fingerprint density at radius 1 is 1.37 bits per heavy atom. The Hall–Kier alpha value is -1.51. The molecule has 9 heteroatoms. The highest BCUT2D eigenvalue weighted by atomic mass is 79.9. The monoisotopic (exact) mass is 475 g/mol. The molecule has 6 nitrogen and oxygen atoms in total. The van der Waals surface area contributed by atoms with Gasteiger partial charge in [-0.1, -0.05) is 18.5 Å². The molecule has 1 aliphatic heterocycles. The van der Waals surface area contributed by atoms with Gasteiger partial charge in [0.25, 0.3) is 11.1 Å². The van der Waals surface area contributed by atoms with Crippen molar-refractivity contribution in [3.8, 4) is 5.75 Å². The van der Waals surface area contributed by atoms with Crippen molar-refractivity contribution in [2.45, 2.75) is 33.2 Å². The third kappa shape index (κ3) is 5.27. The molecule has 1 atom stereocenters. The summed E-state index contributed by atoms with van der Waals surface area (Å²) in [4.78, 5) is 37.6. The number of nitrogens with zero attached hydrogens (tertiary/aromatic N) is 1. The first-order chi connectivity index (χ1) is 12.8. The minimum Gasteiger partial charge on any atom is -0.479 e. The third-order valence-electron chi connectivity index (χ3n) is 3.81. The molecule has 27 heavy (non-hydrogen) atoms. The predicted octanol–water partition coefficient (Wildman–Crippen LogP) is 4.88. The molecule has 1 heterocycles. The first kappa shape index (κ1) is 21.8. The number of hydrogen-bond acceptors (Lipinski definition) is 6. The number of carbonyl (C=O) groups is 3. The molecular formula is C18H19BrClNO5S. The van der Waals surface area contributed by atoms with Crippen LogP contribution in [0.5, 0.6) is 5.75 Å². The first-order valence-electron chi connectivity index (χ1n) is 8.33. The van der Waals surface area contributed by atoms with Gasteiger partial charge in [0.1, 0.15) is 0 Å². The number of ether oxygens (including phenoxy) is 2. The Morgan fingerprint density at radius 2 is 2.07 bits per heavy atom. The highest BCUT2D eigenvalue weighted by molar-refractivity contribution is 9.10. The number of carbonyl (C=O) groups excluding carboxylic acids is 3. The van der Waals surface area contributed by atoms with Gasteiger partial charge in [-0.15, -0.1) is 0 Å². The van der Waals surface area contributed by atoms with Gasteiger partial charge in [-0.3, -0.25) is 14.5 Å². The highest BCUT2D eigenvalue weighted by Gasteiger charge is 2.37. The van der Waals surface area contributed by atoms with Gasteiger partial charge in [-0.05, 0) is 71.7 Å². The average Bonchev–Trinajstić information content (AvgIpc) is 2.87. The first-order valence-corrected chi connectivity index (χ1v) is 10.3. The fourth-order valence-corrected chi connectivity index (χ4v) is 4.25. The number of benzene rings is 1. The van der Waals surface area contributed by atoms with Crippen LogP contribution in [0.15, 0.2) is 21.5 Å². The number of imide groups is 1. The summed E-state index contributed by atoms with van der Waals surface area (Å²) in [5, 5.41) is -0.0127.